The molecule has 0 saturated heterocycles. The Labute approximate surface area is 118 Å². The van der Waals surface area contributed by atoms with Gasteiger partial charge >= 0.3 is 12.2 Å². The Balaban J connectivity index is 2.62. The van der Waals surface area contributed by atoms with Crippen LogP contribution in [0.2, 0.25) is 0 Å². The van der Waals surface area contributed by atoms with E-state index in [-0.39, 0.29) is 6.42 Å². The molecular weight excluding hydrogens is 291 g/mol. The third kappa shape index (κ3) is 5.69. The summed E-state index contributed by atoms with van der Waals surface area (Å²) in [5.41, 5.74) is 2.39. The van der Waals surface area contributed by atoms with Crippen molar-refractivity contribution in [3.8, 4) is 0 Å². The van der Waals surface area contributed by atoms with Gasteiger partial charge in [-0.1, -0.05) is 12.1 Å². The van der Waals surface area contributed by atoms with Gasteiger partial charge in [-0.2, -0.15) is 13.2 Å². The monoisotopic (exact) mass is 305 g/mol. The number of rotatable bonds is 3. The van der Waals surface area contributed by atoms with Gasteiger partial charge in [-0.15, -0.1) is 0 Å². The summed E-state index contributed by atoms with van der Waals surface area (Å²) in [6.45, 7) is 1.37. The number of aliphatic hydroxyl groups is 1. The van der Waals surface area contributed by atoms with Crippen molar-refractivity contribution in [3.63, 3.8) is 0 Å². The van der Waals surface area contributed by atoms with Crippen LogP contribution in [0.5, 0.6) is 0 Å². The summed E-state index contributed by atoms with van der Waals surface area (Å²) in [5, 5.41) is 10.9. The summed E-state index contributed by atoms with van der Waals surface area (Å²) < 4.78 is 38.1. The molecule has 0 radical (unpaired) electrons. The molecular formula is C12H14F3N3O3. The molecule has 21 heavy (non-hydrogen) atoms. The number of carbonyl (C=O) groups excluding carboxylic acids is 2. The summed E-state index contributed by atoms with van der Waals surface area (Å²) in [7, 11) is 0. The van der Waals surface area contributed by atoms with E-state index in [2.05, 4.69) is 0 Å². The van der Waals surface area contributed by atoms with Crippen LogP contribution in [0.15, 0.2) is 24.3 Å². The Kier molecular flexibility index (Phi) is 5.53. The lowest BCUT2D eigenvalue weighted by Gasteiger charge is -2.14. The molecule has 0 aliphatic heterocycles. The highest BCUT2D eigenvalue weighted by Gasteiger charge is 2.33. The lowest BCUT2D eigenvalue weighted by Crippen LogP contribution is -2.44. The van der Waals surface area contributed by atoms with Gasteiger partial charge in [0.2, 0.25) is 5.91 Å². The van der Waals surface area contributed by atoms with Crippen LogP contribution in [-0.4, -0.2) is 23.1 Å². The summed E-state index contributed by atoms with van der Waals surface area (Å²) in [6.07, 6.45) is -5.76. The second-order valence-electron chi connectivity index (χ2n) is 4.22. The van der Waals surface area contributed by atoms with E-state index in [0.717, 1.165) is 12.1 Å². The highest BCUT2D eigenvalue weighted by molar-refractivity contribution is 5.91. The number of anilines is 1. The summed E-state index contributed by atoms with van der Waals surface area (Å²) in [5.74, 6) is -0.677. The zero-order valence-corrected chi connectivity index (χ0v) is 11.0. The van der Waals surface area contributed by atoms with E-state index in [1.807, 2.05) is 16.2 Å². The first-order valence-corrected chi connectivity index (χ1v) is 5.90. The van der Waals surface area contributed by atoms with E-state index in [1.165, 1.54) is 19.1 Å². The number of para-hydroxylation sites is 1. The molecule has 0 saturated carbocycles. The molecule has 0 heterocycles. The smallest absolute Gasteiger partial charge is 0.393 e. The number of halogens is 3. The zero-order chi connectivity index (χ0) is 16.0. The number of nitrogens with one attached hydrogen (secondary N) is 3. The number of alkyl halides is 3. The molecule has 4 N–H and O–H groups in total. The summed E-state index contributed by atoms with van der Waals surface area (Å²) in [6, 6.07) is 3.39. The lowest BCUT2D eigenvalue weighted by atomic mass is 10.1. The molecule has 1 aromatic carbocycles. The van der Waals surface area contributed by atoms with E-state index in [1.54, 1.807) is 0 Å². The van der Waals surface area contributed by atoms with Crippen molar-refractivity contribution in [2.45, 2.75) is 25.6 Å². The third-order valence-corrected chi connectivity index (χ3v) is 2.28. The van der Waals surface area contributed by atoms with Crippen molar-refractivity contribution in [1.82, 2.24) is 10.9 Å². The number of hydrogen-bond donors (Lipinski definition) is 4. The minimum atomic E-state index is -4.61. The average Bonchev–Trinajstić information content (AvgIpc) is 2.35. The van der Waals surface area contributed by atoms with Crippen molar-refractivity contribution in [2.24, 2.45) is 0 Å². The number of benzene rings is 1. The van der Waals surface area contributed by atoms with Gasteiger partial charge < -0.3 is 10.4 Å². The van der Waals surface area contributed by atoms with Crippen LogP contribution >= 0.6 is 0 Å². The maximum atomic E-state index is 12.7. The largest absolute Gasteiger partial charge is 0.418 e. The zero-order valence-electron chi connectivity index (χ0n) is 11.0. The predicted octanol–water partition coefficient (Wildman–Crippen LogP) is 1.63. The van der Waals surface area contributed by atoms with Crippen molar-refractivity contribution in [1.29, 1.82) is 0 Å². The predicted molar refractivity (Wildman–Crippen MR) is 68.0 cm³/mol. The van der Waals surface area contributed by atoms with E-state index >= 15 is 0 Å². The van der Waals surface area contributed by atoms with Gasteiger partial charge in [0.25, 0.3) is 0 Å². The van der Waals surface area contributed by atoms with E-state index in [9.17, 15) is 22.8 Å². The molecule has 0 bridgehead atoms. The van der Waals surface area contributed by atoms with Gasteiger partial charge in [0.1, 0.15) is 0 Å². The van der Waals surface area contributed by atoms with Gasteiger partial charge in [-0.25, -0.2) is 10.2 Å². The molecule has 116 valence electrons. The van der Waals surface area contributed by atoms with Gasteiger partial charge in [0.15, 0.2) is 0 Å². The van der Waals surface area contributed by atoms with Gasteiger partial charge in [0.05, 0.1) is 23.8 Å². The first-order chi connectivity index (χ1) is 9.70. The van der Waals surface area contributed by atoms with Crippen molar-refractivity contribution < 1.29 is 27.9 Å². The van der Waals surface area contributed by atoms with Crippen LogP contribution in [0.1, 0.15) is 18.9 Å². The van der Waals surface area contributed by atoms with Crippen LogP contribution in [0.3, 0.4) is 0 Å². The second kappa shape index (κ2) is 6.93. The van der Waals surface area contributed by atoms with E-state index in [0.29, 0.717) is 0 Å². The molecule has 9 heteroatoms. The fraction of sp³-hybridized carbons (Fsp3) is 0.333. The van der Waals surface area contributed by atoms with E-state index in [4.69, 9.17) is 5.11 Å². The van der Waals surface area contributed by atoms with Crippen molar-refractivity contribution in [2.75, 3.05) is 5.32 Å². The number of amides is 3. The Bertz CT molecular complexity index is 518. The average molecular weight is 305 g/mol. The molecule has 0 fully saturated rings. The van der Waals surface area contributed by atoms with Crippen LogP contribution in [0, 0.1) is 0 Å². The first kappa shape index (κ1) is 16.8. The normalized spacial score (nSPS) is 12.4. The minimum absolute atomic E-state index is 0.251. The number of hydrogen-bond acceptors (Lipinski definition) is 3. The Morgan fingerprint density at radius 1 is 1.24 bits per heavy atom. The molecule has 0 aromatic heterocycles. The first-order valence-electron chi connectivity index (χ1n) is 5.90. The summed E-state index contributed by atoms with van der Waals surface area (Å²) >= 11 is 0. The maximum Gasteiger partial charge on any atom is 0.418 e. The Morgan fingerprint density at radius 2 is 1.86 bits per heavy atom. The fourth-order valence-corrected chi connectivity index (χ4v) is 1.44. The highest BCUT2D eigenvalue weighted by Crippen LogP contribution is 2.34. The second-order valence-corrected chi connectivity index (χ2v) is 4.22. The fourth-order valence-electron chi connectivity index (χ4n) is 1.44. The Morgan fingerprint density at radius 3 is 2.43 bits per heavy atom. The Hall–Kier alpha value is -2.29. The van der Waals surface area contributed by atoms with Crippen LogP contribution in [-0.2, 0) is 11.0 Å². The van der Waals surface area contributed by atoms with E-state index < -0.39 is 35.5 Å². The minimum Gasteiger partial charge on any atom is -0.393 e. The lowest BCUT2D eigenvalue weighted by molar-refractivity contribution is -0.137. The van der Waals surface area contributed by atoms with Gasteiger partial charge in [0, 0.05) is 0 Å². The number of aliphatic hydroxyl groups excluding tert-OH is 1. The SMILES string of the molecule is C[C@@H](O)CC(=O)NNC(=O)Nc1ccccc1C(F)(F)F. The molecule has 0 unspecified atom stereocenters. The number of carbonyl (C=O) groups is 2. The van der Waals surface area contributed by atoms with Crippen LogP contribution in [0.4, 0.5) is 23.7 Å². The van der Waals surface area contributed by atoms with Gasteiger partial charge in [-0.3, -0.25) is 10.2 Å². The molecule has 0 aliphatic carbocycles. The van der Waals surface area contributed by atoms with Crippen LogP contribution < -0.4 is 16.2 Å². The molecule has 3 amide bonds. The molecule has 6 nitrogen and oxygen atoms in total. The topological polar surface area (TPSA) is 90.5 Å². The maximum absolute atomic E-state index is 12.7. The number of urea groups is 1. The van der Waals surface area contributed by atoms with Crippen molar-refractivity contribution in [3.05, 3.63) is 29.8 Å². The molecule has 0 spiro atoms. The van der Waals surface area contributed by atoms with Gasteiger partial charge in [-0.05, 0) is 19.1 Å². The standard InChI is InChI=1S/C12H14F3N3O3/c1-7(19)6-10(20)17-18-11(21)16-9-5-3-2-4-8(9)12(13,14)15/h2-5,7,19H,6H2,1H3,(H,17,20)(H2,16,18,21)/t7-/m1/s1. The molecule has 1 rings (SSSR count). The van der Waals surface area contributed by atoms with Crippen LogP contribution in [0.25, 0.3) is 0 Å². The highest BCUT2D eigenvalue weighted by atomic mass is 19.4. The molecule has 0 aliphatic rings. The van der Waals surface area contributed by atoms with Crippen molar-refractivity contribution >= 4 is 17.6 Å². The number of hydrazine groups is 1. The summed E-state index contributed by atoms with van der Waals surface area (Å²) in [4.78, 5) is 22.6. The third-order valence-electron chi connectivity index (χ3n) is 2.28. The molecule has 1 atom stereocenters. The quantitative estimate of drug-likeness (QED) is 0.640. The molecule has 1 aromatic rings.